The van der Waals surface area contributed by atoms with Gasteiger partial charge in [0.2, 0.25) is 5.95 Å². The Bertz CT molecular complexity index is 1600. The van der Waals surface area contributed by atoms with Crippen molar-refractivity contribution in [3.05, 3.63) is 58.0 Å². The second-order valence-electron chi connectivity index (χ2n) is 11.9. The average molecular weight is 601 g/mol. The molecule has 7 rings (SSSR count). The van der Waals surface area contributed by atoms with E-state index in [0.29, 0.717) is 36.3 Å². The molecule has 10 nitrogen and oxygen atoms in total. The number of anilines is 3. The van der Waals surface area contributed by atoms with E-state index in [1.807, 2.05) is 28.8 Å². The third kappa shape index (κ3) is 5.83. The molecule has 1 atom stereocenters. The third-order valence-corrected chi connectivity index (χ3v) is 10.1. The molecular formula is C32H40N8O2S. The van der Waals surface area contributed by atoms with Crippen molar-refractivity contribution in [1.82, 2.24) is 24.2 Å². The van der Waals surface area contributed by atoms with Gasteiger partial charge in [-0.15, -0.1) is 0 Å². The van der Waals surface area contributed by atoms with E-state index in [2.05, 4.69) is 62.3 Å². The first-order valence-corrected chi connectivity index (χ1v) is 16.6. The van der Waals surface area contributed by atoms with Gasteiger partial charge in [-0.1, -0.05) is 11.9 Å². The lowest BCUT2D eigenvalue weighted by Gasteiger charge is -2.30. The van der Waals surface area contributed by atoms with E-state index in [9.17, 15) is 4.79 Å². The highest BCUT2D eigenvalue weighted by molar-refractivity contribution is 7.96. The number of ether oxygens (including phenoxy) is 1. The van der Waals surface area contributed by atoms with Crippen LogP contribution in [0.15, 0.2) is 51.9 Å². The summed E-state index contributed by atoms with van der Waals surface area (Å²) in [4.78, 5) is 31.3. The van der Waals surface area contributed by atoms with Gasteiger partial charge >= 0.3 is 0 Å². The van der Waals surface area contributed by atoms with Crippen LogP contribution in [0, 0.1) is 5.92 Å². The number of hydrogen-bond donors (Lipinski definition) is 2. The van der Waals surface area contributed by atoms with Crippen LogP contribution in [0.5, 0.6) is 0 Å². The largest absolute Gasteiger partial charge is 0.379 e. The minimum atomic E-state index is -0.0716. The molecule has 3 fully saturated rings. The quantitative estimate of drug-likeness (QED) is 0.381. The maximum atomic E-state index is 14.2. The average Bonchev–Trinajstić information content (AvgIpc) is 3.72. The van der Waals surface area contributed by atoms with Crippen molar-refractivity contribution in [1.29, 1.82) is 0 Å². The molecule has 4 aliphatic heterocycles. The normalized spacial score (nSPS) is 22.0. The van der Waals surface area contributed by atoms with Gasteiger partial charge in [-0.3, -0.25) is 18.7 Å². The predicted octanol–water partition coefficient (Wildman–Crippen LogP) is 4.47. The van der Waals surface area contributed by atoms with Crippen molar-refractivity contribution in [2.45, 2.75) is 38.6 Å². The summed E-state index contributed by atoms with van der Waals surface area (Å²) in [5.41, 5.74) is 6.55. The molecule has 3 aromatic rings. The Morgan fingerprint density at radius 2 is 1.86 bits per heavy atom. The highest BCUT2D eigenvalue weighted by Crippen LogP contribution is 2.35. The third-order valence-electron chi connectivity index (χ3n) is 9.19. The van der Waals surface area contributed by atoms with Crippen LogP contribution < -0.4 is 21.1 Å². The Morgan fingerprint density at radius 1 is 1.07 bits per heavy atom. The van der Waals surface area contributed by atoms with Crippen molar-refractivity contribution in [3.8, 4) is 0 Å². The van der Waals surface area contributed by atoms with Crippen molar-refractivity contribution in [2.24, 2.45) is 10.9 Å². The number of nitrogens with one attached hydrogen (secondary N) is 2. The minimum absolute atomic E-state index is 0.0513. The Labute approximate surface area is 256 Å². The number of hydrogen-bond acceptors (Lipinski definition) is 10. The molecule has 1 unspecified atom stereocenters. The SMILES string of the molecule is CSN1CCC(C2=NC(c3cc4cnc(Nc5ccc(N6CCNCC6)cc5)nc4n(C4CCOC4)c3=O)=C(C)C2)CC1. The van der Waals surface area contributed by atoms with Crippen molar-refractivity contribution in [3.63, 3.8) is 0 Å². The van der Waals surface area contributed by atoms with Gasteiger partial charge in [0, 0.05) is 86.9 Å². The number of aromatic nitrogens is 3. The van der Waals surface area contributed by atoms with E-state index in [0.717, 1.165) is 87.3 Å². The summed E-state index contributed by atoms with van der Waals surface area (Å²) in [6.45, 7) is 9.43. The molecule has 0 bridgehead atoms. The number of rotatable bonds is 7. The number of nitrogens with zero attached hydrogens (tertiary/aromatic N) is 6. The van der Waals surface area contributed by atoms with Crippen molar-refractivity contribution >= 4 is 51.7 Å². The Kier molecular flexibility index (Phi) is 8.22. The fraction of sp³-hybridized carbons (Fsp3) is 0.500. The van der Waals surface area contributed by atoms with Crippen LogP contribution >= 0.6 is 11.9 Å². The molecule has 0 saturated carbocycles. The topological polar surface area (TPSA) is 99.9 Å². The first-order chi connectivity index (χ1) is 21.1. The molecule has 0 amide bonds. The van der Waals surface area contributed by atoms with Gasteiger partial charge in [0.05, 0.1) is 23.9 Å². The van der Waals surface area contributed by atoms with Gasteiger partial charge in [-0.25, -0.2) is 4.98 Å². The molecule has 0 spiro atoms. The zero-order chi connectivity index (χ0) is 29.3. The van der Waals surface area contributed by atoms with E-state index in [4.69, 9.17) is 14.7 Å². The second kappa shape index (κ2) is 12.4. The molecule has 2 aromatic heterocycles. The Hall–Kier alpha value is -3.25. The molecule has 226 valence electrons. The molecule has 1 aromatic carbocycles. The monoisotopic (exact) mass is 600 g/mol. The van der Waals surface area contributed by atoms with Gasteiger partial charge in [0.1, 0.15) is 5.65 Å². The van der Waals surface area contributed by atoms with Crippen LogP contribution in [0.25, 0.3) is 16.7 Å². The van der Waals surface area contributed by atoms with E-state index >= 15 is 0 Å². The van der Waals surface area contributed by atoms with Crippen LogP contribution in [0.2, 0.25) is 0 Å². The number of allylic oxidation sites excluding steroid dienone is 1. The summed E-state index contributed by atoms with van der Waals surface area (Å²) in [5.74, 6) is 0.944. The molecule has 2 N–H and O–H groups in total. The lowest BCUT2D eigenvalue weighted by Crippen LogP contribution is -2.43. The molecule has 0 aliphatic carbocycles. The lowest BCUT2D eigenvalue weighted by atomic mass is 9.90. The fourth-order valence-electron chi connectivity index (χ4n) is 6.75. The zero-order valence-corrected chi connectivity index (χ0v) is 25.8. The van der Waals surface area contributed by atoms with Gasteiger partial charge in [0.25, 0.3) is 5.56 Å². The number of fused-ring (bicyclic) bond motifs is 1. The molecule has 43 heavy (non-hydrogen) atoms. The van der Waals surface area contributed by atoms with Crippen LogP contribution in [0.4, 0.5) is 17.3 Å². The van der Waals surface area contributed by atoms with E-state index in [1.54, 1.807) is 0 Å². The summed E-state index contributed by atoms with van der Waals surface area (Å²) < 4.78 is 9.99. The number of benzene rings is 1. The molecule has 6 heterocycles. The summed E-state index contributed by atoms with van der Waals surface area (Å²) in [6.07, 6.45) is 7.82. The van der Waals surface area contributed by atoms with E-state index < -0.39 is 0 Å². The Morgan fingerprint density at radius 3 is 2.58 bits per heavy atom. The van der Waals surface area contributed by atoms with Crippen molar-refractivity contribution in [2.75, 3.05) is 69.0 Å². The summed E-state index contributed by atoms with van der Waals surface area (Å²) in [5, 5.41) is 7.58. The summed E-state index contributed by atoms with van der Waals surface area (Å²) in [6, 6.07) is 10.2. The van der Waals surface area contributed by atoms with Crippen molar-refractivity contribution < 1.29 is 4.74 Å². The highest BCUT2D eigenvalue weighted by Gasteiger charge is 2.30. The van der Waals surface area contributed by atoms with E-state index in [1.165, 1.54) is 11.4 Å². The maximum absolute atomic E-state index is 14.2. The van der Waals surface area contributed by atoms with Gasteiger partial charge in [-0.05, 0) is 68.3 Å². The number of piperidine rings is 1. The first-order valence-electron chi connectivity index (χ1n) is 15.5. The van der Waals surface area contributed by atoms with Crippen LogP contribution in [0.1, 0.15) is 44.2 Å². The fourth-order valence-corrected chi connectivity index (χ4v) is 7.33. The zero-order valence-electron chi connectivity index (χ0n) is 25.0. The molecule has 0 radical (unpaired) electrons. The number of piperazine rings is 1. The van der Waals surface area contributed by atoms with Crippen LogP contribution in [-0.2, 0) is 4.74 Å². The van der Waals surface area contributed by atoms with Gasteiger partial charge < -0.3 is 20.3 Å². The lowest BCUT2D eigenvalue weighted by molar-refractivity contribution is 0.186. The van der Waals surface area contributed by atoms with Crippen LogP contribution in [-0.4, -0.2) is 83.3 Å². The minimum Gasteiger partial charge on any atom is -0.379 e. The smallest absolute Gasteiger partial charge is 0.262 e. The first kappa shape index (κ1) is 28.5. The summed E-state index contributed by atoms with van der Waals surface area (Å²) in [7, 11) is 0. The molecular weight excluding hydrogens is 560 g/mol. The highest BCUT2D eigenvalue weighted by atomic mass is 32.2. The Balaban J connectivity index is 1.19. The number of aliphatic imine (C=N–C) groups is 1. The van der Waals surface area contributed by atoms with Gasteiger partial charge in [-0.2, -0.15) is 4.98 Å². The number of pyridine rings is 1. The van der Waals surface area contributed by atoms with Gasteiger partial charge in [0.15, 0.2) is 0 Å². The summed E-state index contributed by atoms with van der Waals surface area (Å²) >= 11 is 1.82. The standard InChI is InChI=1S/C32H40N8O2S/c1-21-17-28(22-7-12-39(43-2)13-8-22)36-29(21)27-18-23-19-34-32(37-30(23)40(31(27)41)26-9-16-42-20-26)35-24-3-5-25(6-4-24)38-14-10-33-11-15-38/h3-6,18-19,22,26,33H,7-17,20H2,1-2H3,(H,34,35,37). The van der Waals surface area contributed by atoms with E-state index in [-0.39, 0.29) is 11.6 Å². The second-order valence-corrected chi connectivity index (χ2v) is 12.8. The van der Waals surface area contributed by atoms with Crippen LogP contribution in [0.3, 0.4) is 0 Å². The predicted molar refractivity (Wildman–Crippen MR) is 176 cm³/mol. The molecule has 4 aliphatic rings. The molecule has 3 saturated heterocycles. The molecule has 11 heteroatoms. The maximum Gasteiger partial charge on any atom is 0.262 e.